The first-order valence-electron chi connectivity index (χ1n) is 6.30. The molecule has 2 aromatic rings. The van der Waals surface area contributed by atoms with Gasteiger partial charge in [-0.25, -0.2) is 4.98 Å². The van der Waals surface area contributed by atoms with Crippen LogP contribution in [0.3, 0.4) is 0 Å². The van der Waals surface area contributed by atoms with Crippen LogP contribution in [-0.4, -0.2) is 15.1 Å². The van der Waals surface area contributed by atoms with E-state index in [0.29, 0.717) is 17.5 Å². The third kappa shape index (κ3) is 3.29. The van der Waals surface area contributed by atoms with E-state index in [9.17, 15) is 0 Å². The molecule has 0 unspecified atom stereocenters. The van der Waals surface area contributed by atoms with Crippen LogP contribution in [0.15, 0.2) is 30.6 Å². The molecule has 0 atom stereocenters. The lowest BCUT2D eigenvalue weighted by Crippen LogP contribution is -1.98. The quantitative estimate of drug-likeness (QED) is 0.915. The van der Waals surface area contributed by atoms with E-state index in [0.717, 1.165) is 16.9 Å². The molecule has 4 nitrogen and oxygen atoms in total. The lowest BCUT2D eigenvalue weighted by molar-refractivity contribution is 0.274. The normalized spacial score (nSPS) is 10.8. The average molecular weight is 258 g/mol. The molecular formula is C15H18N2O2. The van der Waals surface area contributed by atoms with Gasteiger partial charge in [0.2, 0.25) is 5.88 Å². The number of rotatable bonds is 4. The second-order valence-corrected chi connectivity index (χ2v) is 4.80. The van der Waals surface area contributed by atoms with E-state index in [1.54, 1.807) is 6.20 Å². The molecule has 100 valence electrons. The zero-order valence-electron chi connectivity index (χ0n) is 11.4. The molecular weight excluding hydrogens is 240 g/mol. The highest BCUT2D eigenvalue weighted by Crippen LogP contribution is 2.30. The Bertz CT molecular complexity index is 568. The minimum absolute atomic E-state index is 0.144. The summed E-state index contributed by atoms with van der Waals surface area (Å²) in [5.41, 5.74) is 2.75. The number of aliphatic hydroxyl groups excluding tert-OH is 1. The van der Waals surface area contributed by atoms with Crippen LogP contribution in [0.5, 0.6) is 11.6 Å². The molecule has 0 bridgehead atoms. The van der Waals surface area contributed by atoms with Crippen LogP contribution in [0.2, 0.25) is 0 Å². The van der Waals surface area contributed by atoms with Crippen molar-refractivity contribution in [1.29, 1.82) is 0 Å². The SMILES string of the molecule is Cc1ccc(C(C)C)c(Oc2cncc(CO)n2)c1. The Kier molecular flexibility index (Phi) is 4.12. The third-order valence-electron chi connectivity index (χ3n) is 2.83. The van der Waals surface area contributed by atoms with E-state index < -0.39 is 0 Å². The number of benzene rings is 1. The average Bonchev–Trinajstić information content (AvgIpc) is 2.38. The minimum Gasteiger partial charge on any atom is -0.437 e. The monoisotopic (exact) mass is 258 g/mol. The lowest BCUT2D eigenvalue weighted by Gasteiger charge is -2.14. The summed E-state index contributed by atoms with van der Waals surface area (Å²) in [6, 6.07) is 6.12. The molecule has 0 aliphatic carbocycles. The molecule has 0 spiro atoms. The van der Waals surface area contributed by atoms with Crippen LogP contribution < -0.4 is 4.74 Å². The van der Waals surface area contributed by atoms with Crippen molar-refractivity contribution in [3.05, 3.63) is 47.4 Å². The van der Waals surface area contributed by atoms with Gasteiger partial charge in [0.15, 0.2) is 0 Å². The summed E-state index contributed by atoms with van der Waals surface area (Å²) in [6.07, 6.45) is 3.07. The van der Waals surface area contributed by atoms with Crippen LogP contribution >= 0.6 is 0 Å². The number of hydrogen-bond donors (Lipinski definition) is 1. The number of aliphatic hydroxyl groups is 1. The first-order chi connectivity index (χ1) is 9.10. The first-order valence-corrected chi connectivity index (χ1v) is 6.30. The summed E-state index contributed by atoms with van der Waals surface area (Å²) in [5, 5.41) is 9.06. The molecule has 0 amide bonds. The van der Waals surface area contributed by atoms with Crippen LogP contribution in [-0.2, 0) is 6.61 Å². The zero-order valence-corrected chi connectivity index (χ0v) is 11.4. The topological polar surface area (TPSA) is 55.2 Å². The Morgan fingerprint density at radius 2 is 2.05 bits per heavy atom. The fraction of sp³-hybridized carbons (Fsp3) is 0.333. The number of ether oxygens (including phenoxy) is 1. The Balaban J connectivity index is 2.33. The molecule has 0 aliphatic rings. The number of aromatic nitrogens is 2. The highest BCUT2D eigenvalue weighted by Gasteiger charge is 2.10. The Morgan fingerprint density at radius 3 is 2.74 bits per heavy atom. The van der Waals surface area contributed by atoms with Crippen molar-refractivity contribution >= 4 is 0 Å². The molecule has 1 N–H and O–H groups in total. The van der Waals surface area contributed by atoms with Gasteiger partial charge in [0.05, 0.1) is 24.7 Å². The minimum atomic E-state index is -0.144. The Hall–Kier alpha value is -1.94. The van der Waals surface area contributed by atoms with Gasteiger partial charge in [-0.2, -0.15) is 0 Å². The summed E-state index contributed by atoms with van der Waals surface area (Å²) in [5.74, 6) is 1.56. The largest absolute Gasteiger partial charge is 0.437 e. The summed E-state index contributed by atoms with van der Waals surface area (Å²) in [6.45, 7) is 6.11. The number of aryl methyl sites for hydroxylation is 1. The molecule has 2 rings (SSSR count). The van der Waals surface area contributed by atoms with Crippen molar-refractivity contribution in [2.45, 2.75) is 33.3 Å². The molecule has 0 saturated heterocycles. The second kappa shape index (κ2) is 5.80. The molecule has 0 aliphatic heterocycles. The first kappa shape index (κ1) is 13.5. The summed E-state index contributed by atoms with van der Waals surface area (Å²) in [4.78, 5) is 8.18. The van der Waals surface area contributed by atoms with Crippen LogP contribution in [0.1, 0.15) is 36.6 Å². The standard InChI is InChI=1S/C15H18N2O2/c1-10(2)13-5-4-11(3)6-14(13)19-15-8-16-7-12(9-18)17-15/h4-8,10,18H,9H2,1-3H3. The molecule has 19 heavy (non-hydrogen) atoms. The maximum absolute atomic E-state index is 9.06. The van der Waals surface area contributed by atoms with E-state index in [1.807, 2.05) is 13.0 Å². The highest BCUT2D eigenvalue weighted by molar-refractivity contribution is 5.40. The Labute approximate surface area is 113 Å². The third-order valence-corrected chi connectivity index (χ3v) is 2.83. The molecule has 0 fully saturated rings. The van der Waals surface area contributed by atoms with Gasteiger partial charge in [0, 0.05) is 0 Å². The van der Waals surface area contributed by atoms with Gasteiger partial charge in [0.25, 0.3) is 0 Å². The maximum Gasteiger partial charge on any atom is 0.238 e. The van der Waals surface area contributed by atoms with Crippen LogP contribution in [0, 0.1) is 6.92 Å². The van der Waals surface area contributed by atoms with E-state index in [2.05, 4.69) is 35.9 Å². The van der Waals surface area contributed by atoms with Crippen molar-refractivity contribution in [2.24, 2.45) is 0 Å². The second-order valence-electron chi connectivity index (χ2n) is 4.80. The van der Waals surface area contributed by atoms with Crippen molar-refractivity contribution in [3.8, 4) is 11.6 Å². The molecule has 1 aromatic carbocycles. The predicted molar refractivity (Wildman–Crippen MR) is 73.3 cm³/mol. The molecule has 4 heteroatoms. The fourth-order valence-electron chi connectivity index (χ4n) is 1.83. The van der Waals surface area contributed by atoms with E-state index >= 15 is 0 Å². The lowest BCUT2D eigenvalue weighted by atomic mass is 10.0. The highest BCUT2D eigenvalue weighted by atomic mass is 16.5. The summed E-state index contributed by atoms with van der Waals surface area (Å²) in [7, 11) is 0. The van der Waals surface area contributed by atoms with Gasteiger partial charge in [-0.3, -0.25) is 4.98 Å². The molecule has 1 heterocycles. The van der Waals surface area contributed by atoms with Gasteiger partial charge in [-0.1, -0.05) is 26.0 Å². The summed E-state index contributed by atoms with van der Waals surface area (Å²) >= 11 is 0. The number of nitrogens with zero attached hydrogens (tertiary/aromatic N) is 2. The van der Waals surface area contributed by atoms with Crippen LogP contribution in [0.25, 0.3) is 0 Å². The molecule has 0 radical (unpaired) electrons. The van der Waals surface area contributed by atoms with Crippen molar-refractivity contribution in [1.82, 2.24) is 9.97 Å². The van der Waals surface area contributed by atoms with Crippen molar-refractivity contribution < 1.29 is 9.84 Å². The van der Waals surface area contributed by atoms with Gasteiger partial charge in [0.1, 0.15) is 5.75 Å². The summed E-state index contributed by atoms with van der Waals surface area (Å²) < 4.78 is 5.81. The Morgan fingerprint density at radius 1 is 1.26 bits per heavy atom. The van der Waals surface area contributed by atoms with Crippen molar-refractivity contribution in [2.75, 3.05) is 0 Å². The fourth-order valence-corrected chi connectivity index (χ4v) is 1.83. The van der Waals surface area contributed by atoms with Gasteiger partial charge >= 0.3 is 0 Å². The maximum atomic E-state index is 9.06. The van der Waals surface area contributed by atoms with Gasteiger partial charge in [-0.15, -0.1) is 0 Å². The molecule has 0 saturated carbocycles. The van der Waals surface area contributed by atoms with E-state index in [1.165, 1.54) is 6.20 Å². The van der Waals surface area contributed by atoms with Crippen LogP contribution in [0.4, 0.5) is 0 Å². The van der Waals surface area contributed by atoms with E-state index in [-0.39, 0.29) is 6.61 Å². The van der Waals surface area contributed by atoms with Crippen molar-refractivity contribution in [3.63, 3.8) is 0 Å². The van der Waals surface area contributed by atoms with Gasteiger partial charge < -0.3 is 9.84 Å². The molecule has 1 aromatic heterocycles. The zero-order chi connectivity index (χ0) is 13.8. The number of hydrogen-bond acceptors (Lipinski definition) is 4. The van der Waals surface area contributed by atoms with Gasteiger partial charge in [-0.05, 0) is 30.0 Å². The predicted octanol–water partition coefficient (Wildman–Crippen LogP) is 3.19. The van der Waals surface area contributed by atoms with E-state index in [4.69, 9.17) is 9.84 Å². The smallest absolute Gasteiger partial charge is 0.238 e.